The smallest absolute Gasteiger partial charge is 0.309 e. The molecule has 30 heavy (non-hydrogen) atoms. The van der Waals surface area contributed by atoms with E-state index in [2.05, 4.69) is 13.8 Å². The topological polar surface area (TPSA) is 69.7 Å². The van der Waals surface area contributed by atoms with Gasteiger partial charge >= 0.3 is 11.9 Å². The molecule has 1 spiro atoms. The van der Waals surface area contributed by atoms with E-state index in [0.717, 1.165) is 38.5 Å². The van der Waals surface area contributed by atoms with Gasteiger partial charge in [-0.3, -0.25) is 14.4 Å². The molecule has 0 bridgehead atoms. The third kappa shape index (κ3) is 2.56. The molecule has 7 unspecified atom stereocenters. The van der Waals surface area contributed by atoms with Crippen LogP contribution in [0.15, 0.2) is 11.6 Å². The molecule has 164 valence electrons. The summed E-state index contributed by atoms with van der Waals surface area (Å²) < 4.78 is 11.6. The molecule has 1 saturated heterocycles. The second-order valence-corrected chi connectivity index (χ2v) is 10.9. The number of hydrogen-bond donors (Lipinski definition) is 0. The molecule has 7 atom stereocenters. The van der Waals surface area contributed by atoms with Gasteiger partial charge in [0.2, 0.25) is 0 Å². The van der Waals surface area contributed by atoms with Crippen molar-refractivity contribution in [1.29, 1.82) is 0 Å². The van der Waals surface area contributed by atoms with Gasteiger partial charge in [0.05, 0.1) is 12.5 Å². The van der Waals surface area contributed by atoms with Crippen LogP contribution in [0.5, 0.6) is 0 Å². The second kappa shape index (κ2) is 6.67. The second-order valence-electron chi connectivity index (χ2n) is 10.9. The summed E-state index contributed by atoms with van der Waals surface area (Å²) in [6, 6.07) is 0. The normalized spacial score (nSPS) is 47.2. The number of carbonyl (C=O) groups is 3. The third-order valence-electron chi connectivity index (χ3n) is 9.94. The maximum Gasteiger partial charge on any atom is 0.309 e. The molecule has 1 heterocycles. The van der Waals surface area contributed by atoms with Crippen LogP contribution in [0, 0.1) is 34.5 Å². The minimum absolute atomic E-state index is 0.00892. The van der Waals surface area contributed by atoms with E-state index in [1.807, 2.05) is 13.0 Å². The molecule has 4 fully saturated rings. The van der Waals surface area contributed by atoms with Crippen LogP contribution >= 0.6 is 0 Å². The van der Waals surface area contributed by atoms with E-state index in [1.165, 1.54) is 5.57 Å². The summed E-state index contributed by atoms with van der Waals surface area (Å²) >= 11 is 0. The lowest BCUT2D eigenvalue weighted by Crippen LogP contribution is -2.58. The highest BCUT2D eigenvalue weighted by Gasteiger charge is 2.69. The largest absolute Gasteiger partial charge is 0.466 e. The Morgan fingerprint density at radius 2 is 1.87 bits per heavy atom. The molecule has 1 aliphatic heterocycles. The Balaban J connectivity index is 1.57. The van der Waals surface area contributed by atoms with E-state index in [-0.39, 0.29) is 46.0 Å². The number of carbonyl (C=O) groups excluding carboxylic acids is 3. The minimum Gasteiger partial charge on any atom is -0.466 e. The lowest BCUT2D eigenvalue weighted by atomic mass is 9.44. The lowest BCUT2D eigenvalue weighted by Gasteiger charge is -2.60. The maximum atomic E-state index is 13.2. The van der Waals surface area contributed by atoms with Crippen LogP contribution in [0.25, 0.3) is 0 Å². The number of fused-ring (bicyclic) bond motifs is 6. The van der Waals surface area contributed by atoms with Crippen LogP contribution in [0.2, 0.25) is 0 Å². The summed E-state index contributed by atoms with van der Waals surface area (Å²) in [5.41, 5.74) is 0.734. The van der Waals surface area contributed by atoms with E-state index in [4.69, 9.17) is 9.47 Å². The minimum atomic E-state index is -0.349. The Morgan fingerprint density at radius 3 is 2.57 bits per heavy atom. The first-order chi connectivity index (χ1) is 14.2. The average molecular weight is 415 g/mol. The summed E-state index contributed by atoms with van der Waals surface area (Å²) in [4.78, 5) is 37.5. The fourth-order valence-electron chi connectivity index (χ4n) is 8.35. The number of hydrogen-bond acceptors (Lipinski definition) is 5. The summed E-state index contributed by atoms with van der Waals surface area (Å²) in [6.07, 6.45) is 9.28. The van der Waals surface area contributed by atoms with Gasteiger partial charge in [-0.2, -0.15) is 0 Å². The molecular weight excluding hydrogens is 380 g/mol. The summed E-state index contributed by atoms with van der Waals surface area (Å²) in [5, 5.41) is 0. The number of esters is 2. The van der Waals surface area contributed by atoms with E-state index < -0.39 is 0 Å². The Labute approximate surface area is 178 Å². The summed E-state index contributed by atoms with van der Waals surface area (Å²) in [7, 11) is 0. The van der Waals surface area contributed by atoms with Crippen LogP contribution < -0.4 is 0 Å². The van der Waals surface area contributed by atoms with Crippen molar-refractivity contribution < 1.29 is 23.9 Å². The van der Waals surface area contributed by atoms with Crippen molar-refractivity contribution >= 4 is 17.7 Å². The van der Waals surface area contributed by atoms with E-state index in [0.29, 0.717) is 37.7 Å². The first kappa shape index (κ1) is 20.3. The van der Waals surface area contributed by atoms with Crippen molar-refractivity contribution in [2.45, 2.75) is 84.2 Å². The van der Waals surface area contributed by atoms with E-state index >= 15 is 0 Å². The van der Waals surface area contributed by atoms with Gasteiger partial charge in [0, 0.05) is 18.3 Å². The molecule has 4 aliphatic carbocycles. The van der Waals surface area contributed by atoms with Gasteiger partial charge < -0.3 is 9.47 Å². The van der Waals surface area contributed by atoms with Crippen LogP contribution in [0.1, 0.15) is 78.6 Å². The average Bonchev–Trinajstić information content (AvgIpc) is 3.22. The Kier molecular flexibility index (Phi) is 4.51. The van der Waals surface area contributed by atoms with Crippen molar-refractivity contribution in [1.82, 2.24) is 0 Å². The lowest BCUT2D eigenvalue weighted by molar-refractivity contribution is -0.178. The molecule has 5 heteroatoms. The standard InChI is InChI=1S/C25H34O5/c1-4-29-22(28)17-14-15-13-16(26)5-9-23(15,2)18-6-10-24(3)19(21(17)18)7-11-25(24)12-8-20(27)30-25/h13,17-19,21H,4-12,14H2,1-3H3. The predicted octanol–water partition coefficient (Wildman–Crippen LogP) is 4.38. The van der Waals surface area contributed by atoms with Crippen LogP contribution in [-0.4, -0.2) is 29.9 Å². The quantitative estimate of drug-likeness (QED) is 0.627. The Bertz CT molecular complexity index is 829. The molecule has 3 saturated carbocycles. The molecule has 0 radical (unpaired) electrons. The highest BCUT2D eigenvalue weighted by Crippen LogP contribution is 2.70. The zero-order valence-electron chi connectivity index (χ0n) is 18.5. The molecule has 0 aromatic heterocycles. The Morgan fingerprint density at radius 1 is 1.10 bits per heavy atom. The zero-order chi connectivity index (χ0) is 21.3. The van der Waals surface area contributed by atoms with Gasteiger partial charge in [-0.25, -0.2) is 0 Å². The maximum absolute atomic E-state index is 13.2. The highest BCUT2D eigenvalue weighted by atomic mass is 16.6. The molecular formula is C25H34O5. The third-order valence-corrected chi connectivity index (χ3v) is 9.94. The van der Waals surface area contributed by atoms with Gasteiger partial charge in [0.15, 0.2) is 5.78 Å². The van der Waals surface area contributed by atoms with Crippen molar-refractivity contribution in [2.75, 3.05) is 6.61 Å². The van der Waals surface area contributed by atoms with Crippen molar-refractivity contribution in [3.05, 3.63) is 11.6 Å². The summed E-state index contributed by atoms with van der Waals surface area (Å²) in [6.45, 7) is 6.89. The number of rotatable bonds is 2. The molecule has 0 amide bonds. The van der Waals surface area contributed by atoms with Crippen LogP contribution in [-0.2, 0) is 23.9 Å². The first-order valence-electron chi connectivity index (χ1n) is 11.9. The fourth-order valence-corrected chi connectivity index (χ4v) is 8.35. The van der Waals surface area contributed by atoms with Crippen molar-refractivity contribution in [3.8, 4) is 0 Å². The van der Waals surface area contributed by atoms with Crippen LogP contribution in [0.4, 0.5) is 0 Å². The summed E-state index contributed by atoms with van der Waals surface area (Å²) in [5.74, 6) is 0.795. The van der Waals surface area contributed by atoms with Gasteiger partial charge in [-0.15, -0.1) is 0 Å². The molecule has 0 aromatic rings. The molecule has 0 aromatic carbocycles. The molecule has 5 nitrogen and oxygen atoms in total. The number of ketones is 1. The molecule has 5 aliphatic rings. The van der Waals surface area contributed by atoms with E-state index in [1.54, 1.807) is 0 Å². The van der Waals surface area contributed by atoms with Gasteiger partial charge in [-0.1, -0.05) is 19.4 Å². The zero-order valence-corrected chi connectivity index (χ0v) is 18.5. The number of ether oxygens (including phenoxy) is 2. The highest BCUT2D eigenvalue weighted by molar-refractivity contribution is 5.92. The first-order valence-corrected chi connectivity index (χ1v) is 11.9. The SMILES string of the molecule is CCOC(=O)C1CC2=CC(=O)CCC2(C)C2CCC3(C)C(CCC34CCC(=O)O4)C12. The van der Waals surface area contributed by atoms with Gasteiger partial charge in [-0.05, 0) is 81.1 Å². The Hall–Kier alpha value is -1.65. The fraction of sp³-hybridized carbons (Fsp3) is 0.800. The predicted molar refractivity (Wildman–Crippen MR) is 110 cm³/mol. The molecule has 0 N–H and O–H groups in total. The van der Waals surface area contributed by atoms with Crippen molar-refractivity contribution in [3.63, 3.8) is 0 Å². The number of allylic oxidation sites excluding steroid dienone is 1. The molecule has 5 rings (SSSR count). The van der Waals surface area contributed by atoms with E-state index in [9.17, 15) is 14.4 Å². The van der Waals surface area contributed by atoms with Gasteiger partial charge in [0.1, 0.15) is 5.60 Å². The van der Waals surface area contributed by atoms with Crippen molar-refractivity contribution in [2.24, 2.45) is 34.5 Å². The van der Waals surface area contributed by atoms with Gasteiger partial charge in [0.25, 0.3) is 0 Å². The van der Waals surface area contributed by atoms with Crippen LogP contribution in [0.3, 0.4) is 0 Å². The monoisotopic (exact) mass is 414 g/mol.